The molecule has 3 atom stereocenters. The molecular weight excluding hydrogens is 401 g/mol. The lowest BCUT2D eigenvalue weighted by Crippen LogP contribution is -2.39. The van der Waals surface area contributed by atoms with Gasteiger partial charge in [-0.2, -0.15) is 18.3 Å². The second-order valence-electron chi connectivity index (χ2n) is 7.11. The van der Waals surface area contributed by atoms with E-state index in [4.69, 9.17) is 0 Å². The molecule has 1 amide bonds. The van der Waals surface area contributed by atoms with Crippen LogP contribution in [0.5, 0.6) is 0 Å². The molecule has 2 aromatic heterocycles. The van der Waals surface area contributed by atoms with Crippen molar-refractivity contribution in [2.24, 2.45) is 0 Å². The van der Waals surface area contributed by atoms with E-state index in [1.807, 2.05) is 0 Å². The van der Waals surface area contributed by atoms with E-state index < -0.39 is 41.9 Å². The highest BCUT2D eigenvalue weighted by atomic mass is 19.4. The number of carbonyl (C=O) groups excluding carboxylic acids is 1. The highest BCUT2D eigenvalue weighted by Gasteiger charge is 2.41. The van der Waals surface area contributed by atoms with Gasteiger partial charge in [-0.05, 0) is 18.1 Å². The summed E-state index contributed by atoms with van der Waals surface area (Å²) in [5.41, 5.74) is -1.32. The molecule has 0 aliphatic carbocycles. The van der Waals surface area contributed by atoms with Crippen molar-refractivity contribution in [3.63, 3.8) is 0 Å². The summed E-state index contributed by atoms with van der Waals surface area (Å²) < 4.78 is 66.8. The summed E-state index contributed by atoms with van der Waals surface area (Å²) in [5, 5.41) is 4.14. The number of fused-ring (bicyclic) bond motifs is 1. The van der Waals surface area contributed by atoms with Crippen molar-refractivity contribution >= 4 is 5.91 Å². The number of carbonyl (C=O) groups is 1. The number of aryl methyl sites for hydroxylation is 1. The SMILES string of the molecule is O=C(C1CCc2nn(Cc3ccc(C(F)(F)F)nc3)c(=O)n21)N1C[C@@H](F)[C@@H](F)C1. The molecule has 7 nitrogen and oxygen atoms in total. The molecule has 4 rings (SSSR count). The van der Waals surface area contributed by atoms with Crippen LogP contribution in [0.3, 0.4) is 0 Å². The second kappa shape index (κ2) is 6.92. The van der Waals surface area contributed by atoms with Gasteiger partial charge in [0.25, 0.3) is 0 Å². The zero-order chi connectivity index (χ0) is 20.9. The number of aromatic nitrogens is 4. The van der Waals surface area contributed by atoms with Gasteiger partial charge in [0.05, 0.1) is 19.6 Å². The summed E-state index contributed by atoms with van der Waals surface area (Å²) in [6.07, 6.45) is -6.42. The van der Waals surface area contributed by atoms with Crippen molar-refractivity contribution in [1.82, 2.24) is 24.2 Å². The maximum atomic E-state index is 13.4. The molecule has 1 fully saturated rings. The molecule has 0 N–H and O–H groups in total. The molecule has 0 bridgehead atoms. The average Bonchev–Trinajstić information content (AvgIpc) is 3.31. The van der Waals surface area contributed by atoms with Gasteiger partial charge in [0.15, 0.2) is 12.3 Å². The van der Waals surface area contributed by atoms with Crippen LogP contribution in [0.25, 0.3) is 0 Å². The second-order valence-corrected chi connectivity index (χ2v) is 7.11. The van der Waals surface area contributed by atoms with Crippen LogP contribution in [-0.4, -0.2) is 55.6 Å². The van der Waals surface area contributed by atoms with Crippen molar-refractivity contribution < 1.29 is 26.7 Å². The Bertz CT molecular complexity index is 974. The predicted molar refractivity (Wildman–Crippen MR) is 88.6 cm³/mol. The third-order valence-electron chi connectivity index (χ3n) is 5.12. The first-order valence-corrected chi connectivity index (χ1v) is 8.92. The molecule has 12 heteroatoms. The van der Waals surface area contributed by atoms with Gasteiger partial charge < -0.3 is 4.90 Å². The highest BCUT2D eigenvalue weighted by Crippen LogP contribution is 2.28. The quantitative estimate of drug-likeness (QED) is 0.710. The molecular formula is C17H16F5N5O2. The number of hydrogen-bond acceptors (Lipinski definition) is 4. The largest absolute Gasteiger partial charge is 0.433 e. The van der Waals surface area contributed by atoms with Crippen molar-refractivity contribution in [3.8, 4) is 0 Å². The van der Waals surface area contributed by atoms with Gasteiger partial charge in [0.2, 0.25) is 5.91 Å². The minimum Gasteiger partial charge on any atom is -0.335 e. The molecule has 2 aliphatic heterocycles. The molecule has 2 aliphatic rings. The maximum absolute atomic E-state index is 13.4. The molecule has 1 saturated heterocycles. The third-order valence-corrected chi connectivity index (χ3v) is 5.12. The van der Waals surface area contributed by atoms with Crippen molar-refractivity contribution in [2.45, 2.75) is 43.9 Å². The summed E-state index contributed by atoms with van der Waals surface area (Å²) in [6, 6.07) is 1.11. The van der Waals surface area contributed by atoms with Crippen LogP contribution in [0.4, 0.5) is 22.0 Å². The van der Waals surface area contributed by atoms with E-state index in [2.05, 4.69) is 10.1 Å². The van der Waals surface area contributed by atoms with Gasteiger partial charge >= 0.3 is 11.9 Å². The summed E-state index contributed by atoms with van der Waals surface area (Å²) in [7, 11) is 0. The van der Waals surface area contributed by atoms with Crippen LogP contribution in [0.15, 0.2) is 23.1 Å². The number of hydrogen-bond donors (Lipinski definition) is 0. The van der Waals surface area contributed by atoms with E-state index in [1.165, 1.54) is 10.6 Å². The number of alkyl halides is 5. The Morgan fingerprint density at radius 1 is 1.17 bits per heavy atom. The van der Waals surface area contributed by atoms with Crippen LogP contribution in [0.2, 0.25) is 0 Å². The summed E-state index contributed by atoms with van der Waals surface area (Å²) >= 11 is 0. The standard InChI is InChI=1S/C17H16F5N5O2/c18-10-7-25(8-11(10)19)15(28)12-2-4-14-24-26(16(29)27(12)14)6-9-1-3-13(23-5-9)17(20,21)22/h1,3,5,10-12H,2,4,6-8H2/t10-,11+,12?. The topological polar surface area (TPSA) is 73.0 Å². The number of halogens is 5. The van der Waals surface area contributed by atoms with Gasteiger partial charge in [0, 0.05) is 12.6 Å². The molecule has 29 heavy (non-hydrogen) atoms. The predicted octanol–water partition coefficient (Wildman–Crippen LogP) is 1.51. The number of nitrogens with zero attached hydrogens (tertiary/aromatic N) is 5. The Balaban J connectivity index is 1.54. The summed E-state index contributed by atoms with van der Waals surface area (Å²) in [5.74, 6) is -0.189. The van der Waals surface area contributed by atoms with E-state index in [0.29, 0.717) is 24.2 Å². The Kier molecular flexibility index (Phi) is 4.66. The first-order chi connectivity index (χ1) is 13.6. The van der Waals surface area contributed by atoms with Crippen molar-refractivity contribution in [1.29, 1.82) is 0 Å². The zero-order valence-electron chi connectivity index (χ0n) is 14.9. The number of rotatable bonds is 3. The van der Waals surface area contributed by atoms with Gasteiger partial charge in [-0.25, -0.2) is 18.3 Å². The van der Waals surface area contributed by atoms with Gasteiger partial charge in [-0.15, -0.1) is 0 Å². The molecule has 1 unspecified atom stereocenters. The molecule has 0 saturated carbocycles. The number of pyridine rings is 1. The lowest BCUT2D eigenvalue weighted by molar-refractivity contribution is -0.141. The van der Waals surface area contributed by atoms with Gasteiger partial charge in [-0.3, -0.25) is 14.3 Å². The Hall–Kier alpha value is -2.79. The smallest absolute Gasteiger partial charge is 0.335 e. The van der Waals surface area contributed by atoms with Crippen molar-refractivity contribution in [2.75, 3.05) is 13.1 Å². The number of amides is 1. The molecule has 0 spiro atoms. The van der Waals surface area contributed by atoms with E-state index in [1.54, 1.807) is 0 Å². The third kappa shape index (κ3) is 3.51. The molecule has 0 radical (unpaired) electrons. The molecule has 0 aromatic carbocycles. The van der Waals surface area contributed by atoms with Crippen LogP contribution < -0.4 is 5.69 Å². The fourth-order valence-electron chi connectivity index (χ4n) is 3.65. The summed E-state index contributed by atoms with van der Waals surface area (Å²) in [6.45, 7) is -0.828. The maximum Gasteiger partial charge on any atom is 0.433 e. The fraction of sp³-hybridized carbons (Fsp3) is 0.529. The van der Waals surface area contributed by atoms with Crippen molar-refractivity contribution in [3.05, 3.63) is 45.9 Å². The van der Waals surface area contributed by atoms with Crippen LogP contribution in [0, 0.1) is 0 Å². The van der Waals surface area contributed by atoms with Crippen LogP contribution >= 0.6 is 0 Å². The van der Waals surface area contributed by atoms with E-state index in [0.717, 1.165) is 21.8 Å². The minimum absolute atomic E-state index is 0.117. The van der Waals surface area contributed by atoms with Crippen LogP contribution in [0.1, 0.15) is 29.5 Å². The van der Waals surface area contributed by atoms with E-state index in [9.17, 15) is 31.5 Å². The Morgan fingerprint density at radius 3 is 2.45 bits per heavy atom. The van der Waals surface area contributed by atoms with Gasteiger partial charge in [-0.1, -0.05) is 6.07 Å². The lowest BCUT2D eigenvalue weighted by atomic mass is 10.2. The fourth-order valence-corrected chi connectivity index (χ4v) is 3.65. The first kappa shape index (κ1) is 19.5. The van der Waals surface area contributed by atoms with Crippen LogP contribution in [-0.2, 0) is 23.9 Å². The number of likely N-dealkylation sites (tertiary alicyclic amines) is 1. The monoisotopic (exact) mass is 417 g/mol. The zero-order valence-corrected chi connectivity index (χ0v) is 14.9. The van der Waals surface area contributed by atoms with E-state index >= 15 is 0 Å². The molecule has 2 aromatic rings. The Labute approximate surface area is 160 Å². The van der Waals surface area contributed by atoms with E-state index in [-0.39, 0.29) is 19.6 Å². The molecule has 4 heterocycles. The molecule has 156 valence electrons. The normalized spacial score (nSPS) is 24.2. The first-order valence-electron chi connectivity index (χ1n) is 8.92. The summed E-state index contributed by atoms with van der Waals surface area (Å²) in [4.78, 5) is 29.7. The lowest BCUT2D eigenvalue weighted by Gasteiger charge is -2.20. The Morgan fingerprint density at radius 2 is 1.86 bits per heavy atom. The van der Waals surface area contributed by atoms with Gasteiger partial charge in [0.1, 0.15) is 17.6 Å². The highest BCUT2D eigenvalue weighted by molar-refractivity contribution is 5.81. The minimum atomic E-state index is -4.56. The average molecular weight is 417 g/mol.